The van der Waals surface area contributed by atoms with Crippen molar-refractivity contribution < 1.29 is 9.90 Å². The van der Waals surface area contributed by atoms with E-state index in [1.54, 1.807) is 17.6 Å². The number of rotatable bonds is 0. The number of carbonyl (C=O) groups excluding carboxylic acids is 1. The van der Waals surface area contributed by atoms with Gasteiger partial charge in [-0.25, -0.2) is 4.98 Å². The Morgan fingerprint density at radius 1 is 1.35 bits per heavy atom. The van der Waals surface area contributed by atoms with E-state index in [2.05, 4.69) is 15.6 Å². The number of amides is 1. The van der Waals surface area contributed by atoms with Crippen molar-refractivity contribution >= 4 is 23.1 Å². The van der Waals surface area contributed by atoms with Gasteiger partial charge in [-0.15, -0.1) is 0 Å². The third-order valence-corrected chi connectivity index (χ3v) is 5.87. The van der Waals surface area contributed by atoms with Crippen LogP contribution in [0.15, 0.2) is 17.1 Å². The molecule has 3 aliphatic rings. The van der Waals surface area contributed by atoms with E-state index < -0.39 is 11.8 Å². The first-order chi connectivity index (χ1) is 12.4. The molecule has 1 fully saturated rings. The van der Waals surface area contributed by atoms with Crippen LogP contribution < -0.4 is 21.9 Å². The number of carbonyl (C=O) groups is 1. The van der Waals surface area contributed by atoms with Crippen molar-refractivity contribution in [3.05, 3.63) is 45.0 Å². The maximum atomic E-state index is 13.4. The fourth-order valence-corrected chi connectivity index (χ4v) is 4.69. The highest BCUT2D eigenvalue weighted by molar-refractivity contribution is 5.98. The SMILES string of the molecule is Cc1c2c(c(=O)n3c1C(=O)NC31CCCC1)Nc1cc(N)ncc1[C@@H]2O. The topological polar surface area (TPSA) is 122 Å². The molecule has 0 saturated heterocycles. The van der Waals surface area contributed by atoms with E-state index >= 15 is 0 Å². The van der Waals surface area contributed by atoms with Crippen molar-refractivity contribution in [1.82, 2.24) is 14.9 Å². The second-order valence-corrected chi connectivity index (χ2v) is 7.32. The van der Waals surface area contributed by atoms with Crippen LogP contribution in [0.2, 0.25) is 0 Å². The van der Waals surface area contributed by atoms with E-state index in [-0.39, 0.29) is 11.5 Å². The van der Waals surface area contributed by atoms with Crippen LogP contribution in [-0.2, 0) is 5.66 Å². The van der Waals surface area contributed by atoms with Crippen molar-refractivity contribution in [3.63, 3.8) is 0 Å². The van der Waals surface area contributed by atoms with Gasteiger partial charge in [0.05, 0.1) is 5.69 Å². The van der Waals surface area contributed by atoms with E-state index in [0.717, 1.165) is 25.7 Å². The van der Waals surface area contributed by atoms with Crippen LogP contribution in [0.5, 0.6) is 0 Å². The normalized spacial score (nSPS) is 21.8. The molecule has 2 aromatic heterocycles. The summed E-state index contributed by atoms with van der Waals surface area (Å²) in [4.78, 5) is 30.1. The Morgan fingerprint density at radius 2 is 2.08 bits per heavy atom. The molecule has 5 N–H and O–H groups in total. The molecule has 1 atom stereocenters. The Labute approximate surface area is 149 Å². The van der Waals surface area contributed by atoms with Gasteiger partial charge >= 0.3 is 0 Å². The number of hydrogen-bond donors (Lipinski definition) is 4. The summed E-state index contributed by atoms with van der Waals surface area (Å²) in [5.41, 5.74) is 7.61. The molecular formula is C18H19N5O3. The zero-order valence-electron chi connectivity index (χ0n) is 14.3. The quantitative estimate of drug-likeness (QED) is 0.565. The van der Waals surface area contributed by atoms with E-state index in [1.165, 1.54) is 6.20 Å². The summed E-state index contributed by atoms with van der Waals surface area (Å²) in [5, 5.41) is 17.0. The molecule has 0 unspecified atom stereocenters. The smallest absolute Gasteiger partial charge is 0.277 e. The zero-order valence-corrected chi connectivity index (χ0v) is 14.3. The monoisotopic (exact) mass is 353 g/mol. The molecule has 26 heavy (non-hydrogen) atoms. The molecule has 1 amide bonds. The summed E-state index contributed by atoms with van der Waals surface area (Å²) in [7, 11) is 0. The van der Waals surface area contributed by atoms with Gasteiger partial charge in [0, 0.05) is 23.4 Å². The minimum absolute atomic E-state index is 0.252. The molecular weight excluding hydrogens is 334 g/mol. The highest BCUT2D eigenvalue weighted by atomic mass is 16.3. The maximum Gasteiger partial charge on any atom is 0.277 e. The molecule has 2 aromatic rings. The van der Waals surface area contributed by atoms with Crippen LogP contribution in [0.4, 0.5) is 17.2 Å². The van der Waals surface area contributed by atoms with E-state index in [1.807, 2.05) is 0 Å². The molecule has 4 heterocycles. The number of nitrogens with zero attached hydrogens (tertiary/aromatic N) is 2. The average Bonchev–Trinajstić information content (AvgIpc) is 3.17. The number of anilines is 3. The molecule has 0 bridgehead atoms. The Morgan fingerprint density at radius 3 is 2.81 bits per heavy atom. The van der Waals surface area contributed by atoms with Crippen molar-refractivity contribution in [2.24, 2.45) is 0 Å². The van der Waals surface area contributed by atoms with Crippen molar-refractivity contribution in [2.45, 2.75) is 44.4 Å². The summed E-state index contributed by atoms with van der Waals surface area (Å²) < 4.78 is 1.60. The first kappa shape index (κ1) is 15.4. The fraction of sp³-hybridized carbons (Fsp3) is 0.389. The average molecular weight is 353 g/mol. The van der Waals surface area contributed by atoms with Crippen LogP contribution in [0.3, 0.4) is 0 Å². The lowest BCUT2D eigenvalue weighted by Gasteiger charge is -2.31. The molecule has 8 heteroatoms. The lowest BCUT2D eigenvalue weighted by Crippen LogP contribution is -2.45. The largest absolute Gasteiger partial charge is 0.384 e. The van der Waals surface area contributed by atoms with Gasteiger partial charge in [0.25, 0.3) is 11.5 Å². The number of nitrogens with two attached hydrogens (primary N) is 1. The third-order valence-electron chi connectivity index (χ3n) is 5.87. The van der Waals surface area contributed by atoms with Crippen LogP contribution >= 0.6 is 0 Å². The Hall–Kier alpha value is -2.87. The van der Waals surface area contributed by atoms with Gasteiger partial charge in [-0.2, -0.15) is 0 Å². The van der Waals surface area contributed by atoms with Gasteiger partial charge < -0.3 is 21.5 Å². The molecule has 1 spiro atoms. The number of aliphatic hydroxyl groups is 1. The Bertz CT molecular complexity index is 1040. The van der Waals surface area contributed by atoms with Gasteiger partial charge in [-0.1, -0.05) is 0 Å². The van der Waals surface area contributed by atoms with Crippen LogP contribution in [0.25, 0.3) is 0 Å². The third kappa shape index (κ3) is 1.74. The molecule has 0 aromatic carbocycles. The molecule has 5 rings (SSSR count). The van der Waals surface area contributed by atoms with Gasteiger partial charge in [-0.3, -0.25) is 14.2 Å². The number of hydrogen-bond acceptors (Lipinski definition) is 6. The summed E-state index contributed by atoms with van der Waals surface area (Å²) >= 11 is 0. The van der Waals surface area contributed by atoms with E-state index in [4.69, 9.17) is 5.73 Å². The lowest BCUT2D eigenvalue weighted by molar-refractivity contribution is 0.0920. The number of fused-ring (bicyclic) bond motifs is 4. The van der Waals surface area contributed by atoms with Crippen LogP contribution in [-0.4, -0.2) is 20.6 Å². The highest BCUT2D eigenvalue weighted by Crippen LogP contribution is 2.44. The Kier molecular flexibility index (Phi) is 2.87. The number of nitrogens with one attached hydrogen (secondary N) is 2. The molecule has 0 radical (unpaired) electrons. The lowest BCUT2D eigenvalue weighted by atomic mass is 9.91. The first-order valence-electron chi connectivity index (χ1n) is 8.76. The highest BCUT2D eigenvalue weighted by Gasteiger charge is 2.48. The Balaban J connectivity index is 1.81. The van der Waals surface area contributed by atoms with Gasteiger partial charge in [0.1, 0.15) is 29.0 Å². The molecule has 2 aliphatic heterocycles. The minimum atomic E-state index is -1.04. The number of aliphatic hydroxyl groups excluding tert-OH is 1. The van der Waals surface area contributed by atoms with Gasteiger partial charge in [-0.05, 0) is 38.2 Å². The first-order valence-corrected chi connectivity index (χ1v) is 8.76. The van der Waals surface area contributed by atoms with Crippen molar-refractivity contribution in [1.29, 1.82) is 0 Å². The van der Waals surface area contributed by atoms with Crippen LogP contribution in [0, 0.1) is 6.92 Å². The minimum Gasteiger partial charge on any atom is -0.384 e. The van der Waals surface area contributed by atoms with E-state index in [0.29, 0.717) is 39.6 Å². The molecule has 1 saturated carbocycles. The van der Waals surface area contributed by atoms with Gasteiger partial charge in [0.15, 0.2) is 0 Å². The number of aromatic nitrogens is 2. The summed E-state index contributed by atoms with van der Waals surface area (Å²) in [6.07, 6.45) is 3.85. The maximum absolute atomic E-state index is 13.4. The van der Waals surface area contributed by atoms with Gasteiger partial charge in [0.2, 0.25) is 0 Å². The second-order valence-electron chi connectivity index (χ2n) is 7.32. The molecule has 134 valence electrons. The molecule has 8 nitrogen and oxygen atoms in total. The fourth-order valence-electron chi connectivity index (χ4n) is 4.69. The molecule has 1 aliphatic carbocycles. The van der Waals surface area contributed by atoms with Crippen LogP contribution in [0.1, 0.15) is 59.0 Å². The summed E-state index contributed by atoms with van der Waals surface area (Å²) in [6, 6.07) is 1.60. The van der Waals surface area contributed by atoms with E-state index in [9.17, 15) is 14.7 Å². The zero-order chi connectivity index (χ0) is 18.2. The standard InChI is InChI=1S/C18H19N5O3/c1-8-12-13(21-10-6-11(19)20-7-9(10)15(12)24)17(26)23-14(8)16(25)22-18(23)4-2-3-5-18/h6-7,15,21,24H,2-5H2,1H3,(H2,19,20)(H,22,25)/t15-/m0/s1. The predicted octanol–water partition coefficient (Wildman–Crippen LogP) is 1.24. The van der Waals surface area contributed by atoms with Crippen molar-refractivity contribution in [3.8, 4) is 0 Å². The number of nitrogen functional groups attached to an aromatic ring is 1. The summed E-state index contributed by atoms with van der Waals surface area (Å²) in [6.45, 7) is 1.78. The number of pyridine rings is 2. The second kappa shape index (κ2) is 4.85. The summed E-state index contributed by atoms with van der Waals surface area (Å²) in [5.74, 6) is 0.0479. The van der Waals surface area contributed by atoms with Crippen molar-refractivity contribution in [2.75, 3.05) is 11.1 Å². The predicted molar refractivity (Wildman–Crippen MR) is 95.3 cm³/mol.